The van der Waals surface area contributed by atoms with Gasteiger partial charge in [0.05, 0.1) is 0 Å². The first kappa shape index (κ1) is 25.0. The molecule has 2 heterocycles. The summed E-state index contributed by atoms with van der Waals surface area (Å²) in [7, 11) is 0. The minimum absolute atomic E-state index is 0. The number of rotatable bonds is 9. The van der Waals surface area contributed by atoms with Crippen LogP contribution in [0.15, 0.2) is 36.5 Å². The summed E-state index contributed by atoms with van der Waals surface area (Å²) in [6.07, 6.45) is 6.27. The number of unbranched alkanes of at least 4 members (excludes halogenated alkanes) is 1. The molecule has 3 aromatic rings. The smallest absolute Gasteiger partial charge is 0.249 e. The third-order valence-corrected chi connectivity index (χ3v) is 6.27. The molecule has 1 aliphatic heterocycles. The lowest BCUT2D eigenvalue weighted by Gasteiger charge is -2.35. The van der Waals surface area contributed by atoms with Crippen LogP contribution in [0.4, 0.5) is 8.78 Å². The van der Waals surface area contributed by atoms with E-state index in [1.54, 1.807) is 12.1 Å². The van der Waals surface area contributed by atoms with E-state index in [9.17, 15) is 13.6 Å². The lowest BCUT2D eigenvalue weighted by molar-refractivity contribution is 0.0983. The Morgan fingerprint density at radius 1 is 1.21 bits per heavy atom. The van der Waals surface area contributed by atoms with E-state index in [2.05, 4.69) is 16.8 Å². The van der Waals surface area contributed by atoms with Crippen LogP contribution in [0, 0.1) is 11.6 Å². The van der Waals surface area contributed by atoms with Crippen molar-refractivity contribution in [3.8, 4) is 5.75 Å². The van der Waals surface area contributed by atoms with Crippen LogP contribution in [0.5, 0.6) is 5.75 Å². The summed E-state index contributed by atoms with van der Waals surface area (Å²) in [6.45, 7) is 4.23. The number of benzene rings is 2. The van der Waals surface area contributed by atoms with E-state index < -0.39 is 11.7 Å². The summed E-state index contributed by atoms with van der Waals surface area (Å²) in [4.78, 5) is 17.4. The largest absolute Gasteiger partial charge is 0.489 e. The molecule has 1 aliphatic rings. The summed E-state index contributed by atoms with van der Waals surface area (Å²) in [5.41, 5.74) is 8.43. The SMILES string of the molecule is CCCCN(CCCc1c[nH]c2ccc(F)cc12)C1COc2c(F)ccc(C(N)=O)c2C1.Cl. The topological polar surface area (TPSA) is 71.3 Å². The van der Waals surface area contributed by atoms with Crippen LogP contribution < -0.4 is 10.5 Å². The third kappa shape index (κ3) is 5.47. The molecule has 8 heteroatoms. The van der Waals surface area contributed by atoms with E-state index in [0.717, 1.165) is 55.2 Å². The highest BCUT2D eigenvalue weighted by molar-refractivity contribution is 5.95. The molecule has 3 N–H and O–H groups in total. The van der Waals surface area contributed by atoms with Gasteiger partial charge in [-0.3, -0.25) is 9.69 Å². The summed E-state index contributed by atoms with van der Waals surface area (Å²) in [5, 5.41) is 0.918. The Balaban J connectivity index is 0.00000306. The number of aromatic amines is 1. The van der Waals surface area contributed by atoms with Gasteiger partial charge in [0, 0.05) is 34.3 Å². The third-order valence-electron chi connectivity index (χ3n) is 6.27. The van der Waals surface area contributed by atoms with Gasteiger partial charge in [0.15, 0.2) is 11.6 Å². The zero-order valence-electron chi connectivity index (χ0n) is 18.7. The van der Waals surface area contributed by atoms with E-state index in [1.807, 2.05) is 6.20 Å². The van der Waals surface area contributed by atoms with Crippen LogP contribution >= 0.6 is 12.4 Å². The Morgan fingerprint density at radius 2 is 2.00 bits per heavy atom. The fourth-order valence-corrected chi connectivity index (χ4v) is 4.57. The molecule has 1 unspecified atom stereocenters. The summed E-state index contributed by atoms with van der Waals surface area (Å²) < 4.78 is 33.7. The van der Waals surface area contributed by atoms with Crippen LogP contribution in [0.1, 0.15) is 47.7 Å². The number of aryl methyl sites for hydroxylation is 1. The quantitative estimate of drug-likeness (QED) is 0.455. The number of nitrogens with two attached hydrogens (primary N) is 1. The monoisotopic (exact) mass is 477 g/mol. The Bertz CT molecular complexity index is 1120. The Kier molecular flexibility index (Phi) is 8.32. The van der Waals surface area contributed by atoms with Gasteiger partial charge in [-0.05, 0) is 74.7 Å². The van der Waals surface area contributed by atoms with E-state index in [0.29, 0.717) is 24.2 Å². The number of primary amides is 1. The maximum Gasteiger partial charge on any atom is 0.249 e. The highest BCUT2D eigenvalue weighted by atomic mass is 35.5. The minimum atomic E-state index is -0.572. The first-order valence-corrected chi connectivity index (χ1v) is 11.2. The molecular formula is C25H30ClF2N3O2. The van der Waals surface area contributed by atoms with Gasteiger partial charge in [0.1, 0.15) is 12.4 Å². The highest BCUT2D eigenvalue weighted by Crippen LogP contribution is 2.32. The van der Waals surface area contributed by atoms with Crippen molar-refractivity contribution in [2.45, 2.75) is 45.1 Å². The number of ether oxygens (including phenoxy) is 1. The van der Waals surface area contributed by atoms with E-state index >= 15 is 0 Å². The zero-order chi connectivity index (χ0) is 22.7. The van der Waals surface area contributed by atoms with Crippen LogP contribution in [0.2, 0.25) is 0 Å². The molecule has 4 rings (SSSR count). The first-order valence-electron chi connectivity index (χ1n) is 11.2. The van der Waals surface area contributed by atoms with Crippen molar-refractivity contribution < 1.29 is 18.3 Å². The maximum absolute atomic E-state index is 14.2. The average molecular weight is 478 g/mol. The van der Waals surface area contributed by atoms with Crippen molar-refractivity contribution in [1.29, 1.82) is 0 Å². The molecule has 0 fully saturated rings. The highest BCUT2D eigenvalue weighted by Gasteiger charge is 2.30. The Labute approximate surface area is 198 Å². The van der Waals surface area contributed by atoms with Gasteiger partial charge < -0.3 is 15.5 Å². The Hall–Kier alpha value is -2.64. The number of aromatic nitrogens is 1. The molecule has 5 nitrogen and oxygen atoms in total. The lowest BCUT2D eigenvalue weighted by Crippen LogP contribution is -2.45. The molecule has 178 valence electrons. The lowest BCUT2D eigenvalue weighted by atomic mass is 9.95. The van der Waals surface area contributed by atoms with Gasteiger partial charge in [-0.15, -0.1) is 12.4 Å². The minimum Gasteiger partial charge on any atom is -0.489 e. The van der Waals surface area contributed by atoms with E-state index in [4.69, 9.17) is 10.5 Å². The van der Waals surface area contributed by atoms with Crippen molar-refractivity contribution in [2.75, 3.05) is 19.7 Å². The van der Waals surface area contributed by atoms with Crippen LogP contribution in [0.25, 0.3) is 10.9 Å². The fourth-order valence-electron chi connectivity index (χ4n) is 4.57. The van der Waals surface area contributed by atoms with Crippen LogP contribution in [-0.4, -0.2) is 41.5 Å². The number of nitrogens with zero attached hydrogens (tertiary/aromatic N) is 1. The number of fused-ring (bicyclic) bond motifs is 2. The molecule has 0 radical (unpaired) electrons. The fraction of sp³-hybridized carbons (Fsp3) is 0.400. The van der Waals surface area contributed by atoms with Gasteiger partial charge in [0.25, 0.3) is 0 Å². The molecular weight excluding hydrogens is 448 g/mol. The van der Waals surface area contributed by atoms with Crippen molar-refractivity contribution in [2.24, 2.45) is 5.73 Å². The Morgan fingerprint density at radius 3 is 2.76 bits per heavy atom. The summed E-state index contributed by atoms with van der Waals surface area (Å²) in [5.74, 6) is -1.13. The molecule has 1 amide bonds. The number of carbonyl (C=O) groups is 1. The molecule has 33 heavy (non-hydrogen) atoms. The predicted octanol–water partition coefficient (Wildman–Crippen LogP) is 5.01. The number of hydrogen-bond donors (Lipinski definition) is 2. The number of H-pyrrole nitrogens is 1. The normalized spacial score (nSPS) is 15.2. The van der Waals surface area contributed by atoms with Crippen molar-refractivity contribution in [3.05, 3.63) is 64.9 Å². The standard InChI is InChI=1S/C25H29F2N3O2.ClH/c1-2-3-10-30(11-4-5-16-14-29-23-9-6-17(26)12-20(16)23)18-13-21-19(25(28)31)7-8-22(27)24(21)32-15-18;/h6-9,12,14,18,29H,2-5,10-11,13,15H2,1H3,(H2,28,31);1H. The number of amides is 1. The maximum atomic E-state index is 14.2. The van der Waals surface area contributed by atoms with Crippen molar-refractivity contribution >= 4 is 29.2 Å². The first-order chi connectivity index (χ1) is 15.5. The van der Waals surface area contributed by atoms with Gasteiger partial charge in [-0.25, -0.2) is 8.78 Å². The number of nitrogens with one attached hydrogen (secondary N) is 1. The summed E-state index contributed by atoms with van der Waals surface area (Å²) in [6, 6.07) is 7.50. The molecule has 1 atom stereocenters. The van der Waals surface area contributed by atoms with Gasteiger partial charge in [-0.2, -0.15) is 0 Å². The average Bonchev–Trinajstić information content (AvgIpc) is 3.17. The molecule has 0 bridgehead atoms. The molecule has 1 aromatic heterocycles. The predicted molar refractivity (Wildman–Crippen MR) is 128 cm³/mol. The molecule has 0 spiro atoms. The second-order valence-corrected chi connectivity index (χ2v) is 8.43. The van der Waals surface area contributed by atoms with Crippen LogP contribution in [0.3, 0.4) is 0 Å². The van der Waals surface area contributed by atoms with Gasteiger partial charge >= 0.3 is 0 Å². The molecule has 2 aromatic carbocycles. The molecule has 0 saturated carbocycles. The van der Waals surface area contributed by atoms with Gasteiger partial charge in [-0.1, -0.05) is 13.3 Å². The number of carbonyl (C=O) groups excluding carboxylic acids is 1. The molecule has 0 aliphatic carbocycles. The number of hydrogen-bond acceptors (Lipinski definition) is 3. The second kappa shape index (κ2) is 11.0. The second-order valence-electron chi connectivity index (χ2n) is 8.43. The molecule has 0 saturated heterocycles. The number of halogens is 3. The van der Waals surface area contributed by atoms with Gasteiger partial charge in [0.2, 0.25) is 5.91 Å². The van der Waals surface area contributed by atoms with Crippen LogP contribution in [-0.2, 0) is 12.8 Å². The van der Waals surface area contributed by atoms with Crippen molar-refractivity contribution in [1.82, 2.24) is 9.88 Å². The van der Waals surface area contributed by atoms with E-state index in [-0.39, 0.29) is 30.0 Å². The van der Waals surface area contributed by atoms with Crippen molar-refractivity contribution in [3.63, 3.8) is 0 Å². The summed E-state index contributed by atoms with van der Waals surface area (Å²) >= 11 is 0. The van der Waals surface area contributed by atoms with E-state index in [1.165, 1.54) is 18.2 Å². The zero-order valence-corrected chi connectivity index (χ0v) is 19.5.